The first kappa shape index (κ1) is 18.3. The Kier molecular flexibility index (Phi) is 5.16. The second-order valence-electron chi connectivity index (χ2n) is 7.42. The molecule has 0 saturated heterocycles. The Labute approximate surface area is 166 Å². The van der Waals surface area contributed by atoms with Gasteiger partial charge in [-0.3, -0.25) is 4.79 Å². The summed E-state index contributed by atoms with van der Waals surface area (Å²) in [6.45, 7) is 5.47. The number of benzene rings is 3. The standard InChI is InChI=1S/C25H25NO2/c1-18-11-13-20(14-12-18)17-26-16-15-22-23(25(26)27)9-6-10-24(22)28-19(2)21-7-4-3-5-8-21/h3-14,19H,15-17H2,1-2H3/t19-/m1/s1. The fourth-order valence-electron chi connectivity index (χ4n) is 3.70. The number of carbonyl (C=O) groups excluding carboxylic acids is 1. The van der Waals surface area contributed by atoms with E-state index in [4.69, 9.17) is 4.74 Å². The van der Waals surface area contributed by atoms with Crippen molar-refractivity contribution in [3.8, 4) is 5.75 Å². The number of nitrogens with zero attached hydrogens (tertiary/aromatic N) is 1. The van der Waals surface area contributed by atoms with Crippen molar-refractivity contribution in [2.75, 3.05) is 6.54 Å². The highest BCUT2D eigenvalue weighted by molar-refractivity contribution is 5.97. The van der Waals surface area contributed by atoms with E-state index in [1.807, 2.05) is 48.2 Å². The lowest BCUT2D eigenvalue weighted by Gasteiger charge is -2.30. The average molecular weight is 371 g/mol. The summed E-state index contributed by atoms with van der Waals surface area (Å²) in [5.41, 5.74) is 5.30. The fraction of sp³-hybridized carbons (Fsp3) is 0.240. The van der Waals surface area contributed by atoms with Crippen molar-refractivity contribution in [1.29, 1.82) is 0 Å². The summed E-state index contributed by atoms with van der Waals surface area (Å²) in [6.07, 6.45) is 0.748. The number of carbonyl (C=O) groups is 1. The molecule has 0 aromatic heterocycles. The highest BCUT2D eigenvalue weighted by atomic mass is 16.5. The van der Waals surface area contributed by atoms with Crippen LogP contribution in [0.1, 0.15) is 45.6 Å². The number of fused-ring (bicyclic) bond motifs is 1. The zero-order valence-corrected chi connectivity index (χ0v) is 16.4. The van der Waals surface area contributed by atoms with Crippen LogP contribution in [0, 0.1) is 6.92 Å². The Morgan fingerprint density at radius 1 is 0.964 bits per heavy atom. The number of amides is 1. The molecule has 0 saturated carbocycles. The molecule has 0 aliphatic carbocycles. The van der Waals surface area contributed by atoms with Gasteiger partial charge in [-0.25, -0.2) is 0 Å². The topological polar surface area (TPSA) is 29.5 Å². The Morgan fingerprint density at radius 2 is 1.71 bits per heavy atom. The molecule has 28 heavy (non-hydrogen) atoms. The van der Waals surface area contributed by atoms with Crippen molar-refractivity contribution in [1.82, 2.24) is 4.90 Å². The molecule has 0 bridgehead atoms. The zero-order valence-electron chi connectivity index (χ0n) is 16.4. The Morgan fingerprint density at radius 3 is 2.46 bits per heavy atom. The van der Waals surface area contributed by atoms with Crippen molar-refractivity contribution in [3.63, 3.8) is 0 Å². The Hall–Kier alpha value is -3.07. The minimum absolute atomic E-state index is 0.0617. The minimum Gasteiger partial charge on any atom is -0.486 e. The highest BCUT2D eigenvalue weighted by Gasteiger charge is 2.27. The van der Waals surface area contributed by atoms with Crippen LogP contribution in [0.5, 0.6) is 5.75 Å². The van der Waals surface area contributed by atoms with Crippen molar-refractivity contribution < 1.29 is 9.53 Å². The van der Waals surface area contributed by atoms with Crippen LogP contribution in [-0.2, 0) is 13.0 Å². The van der Waals surface area contributed by atoms with Gasteiger partial charge in [-0.05, 0) is 43.5 Å². The van der Waals surface area contributed by atoms with Gasteiger partial charge in [0, 0.05) is 24.2 Å². The van der Waals surface area contributed by atoms with E-state index in [1.54, 1.807) is 0 Å². The lowest BCUT2D eigenvalue weighted by Crippen LogP contribution is -2.37. The molecule has 0 N–H and O–H groups in total. The highest BCUT2D eigenvalue weighted by Crippen LogP contribution is 2.31. The summed E-state index contributed by atoms with van der Waals surface area (Å²) >= 11 is 0. The van der Waals surface area contributed by atoms with Crippen molar-refractivity contribution in [3.05, 3.63) is 101 Å². The van der Waals surface area contributed by atoms with E-state index in [0.29, 0.717) is 13.1 Å². The van der Waals surface area contributed by atoms with E-state index in [0.717, 1.165) is 34.4 Å². The molecule has 1 atom stereocenters. The predicted molar refractivity (Wildman–Crippen MR) is 112 cm³/mol. The maximum absolute atomic E-state index is 13.1. The summed E-state index contributed by atoms with van der Waals surface area (Å²) in [5, 5.41) is 0. The first-order valence-corrected chi connectivity index (χ1v) is 9.80. The van der Waals surface area contributed by atoms with Gasteiger partial charge in [0.15, 0.2) is 0 Å². The van der Waals surface area contributed by atoms with E-state index < -0.39 is 0 Å². The van der Waals surface area contributed by atoms with Gasteiger partial charge in [0.05, 0.1) is 0 Å². The number of rotatable bonds is 5. The van der Waals surface area contributed by atoms with E-state index in [2.05, 4.69) is 43.3 Å². The van der Waals surface area contributed by atoms with Gasteiger partial charge in [0.1, 0.15) is 11.9 Å². The first-order valence-electron chi connectivity index (χ1n) is 9.80. The van der Waals surface area contributed by atoms with Gasteiger partial charge >= 0.3 is 0 Å². The minimum atomic E-state index is -0.0617. The molecule has 1 heterocycles. The number of aryl methyl sites for hydroxylation is 1. The molecule has 3 heteroatoms. The summed E-state index contributed by atoms with van der Waals surface area (Å²) in [7, 11) is 0. The van der Waals surface area contributed by atoms with Crippen LogP contribution in [-0.4, -0.2) is 17.4 Å². The zero-order chi connectivity index (χ0) is 19.5. The smallest absolute Gasteiger partial charge is 0.254 e. The van der Waals surface area contributed by atoms with E-state index >= 15 is 0 Å². The molecule has 1 aliphatic rings. The van der Waals surface area contributed by atoms with Crippen LogP contribution < -0.4 is 4.74 Å². The Balaban J connectivity index is 1.53. The van der Waals surface area contributed by atoms with Crippen LogP contribution in [0.15, 0.2) is 72.8 Å². The molecule has 3 nitrogen and oxygen atoms in total. The maximum Gasteiger partial charge on any atom is 0.254 e. The molecule has 0 fully saturated rings. The van der Waals surface area contributed by atoms with Crippen LogP contribution in [0.3, 0.4) is 0 Å². The Bertz CT molecular complexity index is 964. The molecule has 1 amide bonds. The SMILES string of the molecule is Cc1ccc(CN2CCc3c(O[C@H](C)c4ccccc4)cccc3C2=O)cc1. The van der Waals surface area contributed by atoms with Gasteiger partial charge in [-0.15, -0.1) is 0 Å². The molecular weight excluding hydrogens is 346 g/mol. The third-order valence-electron chi connectivity index (χ3n) is 5.35. The van der Waals surface area contributed by atoms with Gasteiger partial charge in [0.25, 0.3) is 5.91 Å². The van der Waals surface area contributed by atoms with Crippen LogP contribution in [0.25, 0.3) is 0 Å². The molecule has 142 valence electrons. The second kappa shape index (κ2) is 7.89. The quantitative estimate of drug-likeness (QED) is 0.606. The summed E-state index contributed by atoms with van der Waals surface area (Å²) < 4.78 is 6.24. The molecule has 0 radical (unpaired) electrons. The van der Waals surface area contributed by atoms with Gasteiger partial charge in [0.2, 0.25) is 0 Å². The first-order chi connectivity index (χ1) is 13.6. The second-order valence-corrected chi connectivity index (χ2v) is 7.42. The third kappa shape index (κ3) is 3.79. The van der Waals surface area contributed by atoms with Crippen LogP contribution in [0.4, 0.5) is 0 Å². The molecule has 3 aromatic carbocycles. The molecule has 4 rings (SSSR count). The van der Waals surface area contributed by atoms with E-state index in [-0.39, 0.29) is 12.0 Å². The maximum atomic E-state index is 13.1. The lowest BCUT2D eigenvalue weighted by atomic mass is 9.97. The molecule has 3 aromatic rings. The number of ether oxygens (including phenoxy) is 1. The average Bonchev–Trinajstić information content (AvgIpc) is 2.73. The van der Waals surface area contributed by atoms with Gasteiger partial charge < -0.3 is 9.64 Å². The monoisotopic (exact) mass is 371 g/mol. The molecular formula is C25H25NO2. The molecule has 0 spiro atoms. The normalized spacial score (nSPS) is 14.5. The van der Waals surface area contributed by atoms with Crippen LogP contribution >= 0.6 is 0 Å². The molecule has 0 unspecified atom stereocenters. The van der Waals surface area contributed by atoms with Crippen molar-refractivity contribution in [2.45, 2.75) is 32.9 Å². The summed E-state index contributed by atoms with van der Waals surface area (Å²) in [6, 6.07) is 24.3. The van der Waals surface area contributed by atoms with Crippen molar-refractivity contribution >= 4 is 5.91 Å². The van der Waals surface area contributed by atoms with Gasteiger partial charge in [-0.2, -0.15) is 0 Å². The van der Waals surface area contributed by atoms with Crippen molar-refractivity contribution in [2.24, 2.45) is 0 Å². The summed E-state index contributed by atoms with van der Waals surface area (Å²) in [5.74, 6) is 0.900. The number of hydrogen-bond acceptors (Lipinski definition) is 2. The van der Waals surface area contributed by atoms with Gasteiger partial charge in [-0.1, -0.05) is 66.2 Å². The van der Waals surface area contributed by atoms with E-state index in [9.17, 15) is 4.79 Å². The fourth-order valence-corrected chi connectivity index (χ4v) is 3.70. The van der Waals surface area contributed by atoms with E-state index in [1.165, 1.54) is 5.56 Å². The molecule has 1 aliphatic heterocycles. The van der Waals surface area contributed by atoms with Crippen LogP contribution in [0.2, 0.25) is 0 Å². The lowest BCUT2D eigenvalue weighted by molar-refractivity contribution is 0.0724. The number of hydrogen-bond donors (Lipinski definition) is 0. The third-order valence-corrected chi connectivity index (χ3v) is 5.35. The summed E-state index contributed by atoms with van der Waals surface area (Å²) in [4.78, 5) is 15.0. The predicted octanol–water partition coefficient (Wildman–Crippen LogP) is 5.33. The largest absolute Gasteiger partial charge is 0.486 e.